The number of hydrogen-bond donors (Lipinski definition) is 3. The van der Waals surface area contributed by atoms with E-state index in [0.29, 0.717) is 12.8 Å². The molecular formula is C25H34N4O3. The molecule has 1 fully saturated rings. The standard InChI is InChI=1S/C25H34N4O3/c1-18(24(26)32)11-12-23(31)28-25-22(30)10-3-5-15-29(25)16-13-19-7-6-8-20(17-19)21-9-2-4-14-27-21/h2,4,6-9,14,17-18,22,25,30H,3,5,10-13,15-16H2,1H3,(H2,26,32)(H,28,31)/t18?,22-,25?/m0/s1. The minimum Gasteiger partial charge on any atom is -0.390 e. The van der Waals surface area contributed by atoms with E-state index < -0.39 is 18.2 Å². The minimum atomic E-state index is -0.616. The van der Waals surface area contributed by atoms with E-state index >= 15 is 0 Å². The molecule has 7 nitrogen and oxygen atoms in total. The molecule has 0 bridgehead atoms. The van der Waals surface area contributed by atoms with Crippen LogP contribution in [-0.4, -0.2) is 52.2 Å². The zero-order chi connectivity index (χ0) is 22.9. The number of primary amides is 1. The quantitative estimate of drug-likeness (QED) is 0.557. The van der Waals surface area contributed by atoms with Gasteiger partial charge in [0, 0.05) is 37.2 Å². The third kappa shape index (κ3) is 6.87. The molecule has 3 rings (SSSR count). The van der Waals surface area contributed by atoms with Crippen LogP contribution in [0.1, 0.15) is 44.6 Å². The highest BCUT2D eigenvalue weighted by molar-refractivity contribution is 5.79. The maximum absolute atomic E-state index is 12.5. The van der Waals surface area contributed by atoms with Gasteiger partial charge in [-0.05, 0) is 55.9 Å². The van der Waals surface area contributed by atoms with Crippen LogP contribution >= 0.6 is 0 Å². The molecule has 2 aromatic rings. The van der Waals surface area contributed by atoms with Gasteiger partial charge >= 0.3 is 0 Å². The zero-order valence-corrected chi connectivity index (χ0v) is 18.7. The van der Waals surface area contributed by atoms with Crippen molar-refractivity contribution in [1.82, 2.24) is 15.2 Å². The molecule has 2 heterocycles. The number of aliphatic hydroxyl groups excluding tert-OH is 1. The summed E-state index contributed by atoms with van der Waals surface area (Å²) in [4.78, 5) is 30.3. The fourth-order valence-corrected chi connectivity index (χ4v) is 4.07. The average Bonchev–Trinajstić information content (AvgIpc) is 2.98. The number of nitrogens with one attached hydrogen (secondary N) is 1. The molecule has 0 radical (unpaired) electrons. The first-order valence-corrected chi connectivity index (χ1v) is 11.4. The van der Waals surface area contributed by atoms with Gasteiger partial charge in [0.15, 0.2) is 0 Å². The van der Waals surface area contributed by atoms with Crippen LogP contribution in [0.25, 0.3) is 11.3 Å². The zero-order valence-electron chi connectivity index (χ0n) is 18.7. The molecule has 1 aromatic heterocycles. The number of benzene rings is 1. The van der Waals surface area contributed by atoms with E-state index in [1.807, 2.05) is 24.3 Å². The Hall–Kier alpha value is -2.77. The lowest BCUT2D eigenvalue weighted by molar-refractivity contribution is -0.125. The molecule has 0 saturated carbocycles. The summed E-state index contributed by atoms with van der Waals surface area (Å²) in [5.74, 6) is -0.907. The van der Waals surface area contributed by atoms with E-state index in [1.54, 1.807) is 13.1 Å². The van der Waals surface area contributed by atoms with Gasteiger partial charge in [-0.25, -0.2) is 0 Å². The summed E-state index contributed by atoms with van der Waals surface area (Å²) >= 11 is 0. The second-order valence-electron chi connectivity index (χ2n) is 8.62. The largest absolute Gasteiger partial charge is 0.390 e. The van der Waals surface area contributed by atoms with Crippen LogP contribution in [0.5, 0.6) is 0 Å². The molecule has 4 N–H and O–H groups in total. The van der Waals surface area contributed by atoms with Crippen molar-refractivity contribution in [3.63, 3.8) is 0 Å². The third-order valence-corrected chi connectivity index (χ3v) is 6.13. The number of carbonyl (C=O) groups excluding carboxylic acids is 2. The van der Waals surface area contributed by atoms with Gasteiger partial charge in [-0.15, -0.1) is 0 Å². The number of aromatic nitrogens is 1. The second kappa shape index (κ2) is 11.7. The highest BCUT2D eigenvalue weighted by Gasteiger charge is 2.29. The molecular weight excluding hydrogens is 404 g/mol. The van der Waals surface area contributed by atoms with Crippen molar-refractivity contribution in [3.05, 3.63) is 54.2 Å². The predicted octanol–water partition coefficient (Wildman–Crippen LogP) is 2.48. The first kappa shape index (κ1) is 23.9. The number of hydrogen-bond acceptors (Lipinski definition) is 5. The summed E-state index contributed by atoms with van der Waals surface area (Å²) in [5.41, 5.74) is 8.49. The number of nitrogens with two attached hydrogens (primary N) is 1. The number of carbonyl (C=O) groups is 2. The number of likely N-dealkylation sites (tertiary alicyclic amines) is 1. The van der Waals surface area contributed by atoms with Gasteiger partial charge in [0.25, 0.3) is 0 Å². The lowest BCUT2D eigenvalue weighted by Crippen LogP contribution is -2.54. The fourth-order valence-electron chi connectivity index (χ4n) is 4.07. The van der Waals surface area contributed by atoms with Crippen LogP contribution in [0.2, 0.25) is 0 Å². The Balaban J connectivity index is 1.63. The van der Waals surface area contributed by atoms with Gasteiger partial charge in [-0.1, -0.05) is 31.2 Å². The topological polar surface area (TPSA) is 109 Å². The average molecular weight is 439 g/mol. The van der Waals surface area contributed by atoms with Gasteiger partial charge in [0.05, 0.1) is 11.8 Å². The predicted molar refractivity (Wildman–Crippen MR) is 124 cm³/mol. The molecule has 0 aliphatic carbocycles. The lowest BCUT2D eigenvalue weighted by atomic mass is 10.0. The Morgan fingerprint density at radius 1 is 1.25 bits per heavy atom. The van der Waals surface area contributed by atoms with E-state index in [9.17, 15) is 14.7 Å². The smallest absolute Gasteiger partial charge is 0.221 e. The summed E-state index contributed by atoms with van der Waals surface area (Å²) in [6, 6.07) is 14.2. The Morgan fingerprint density at radius 3 is 2.84 bits per heavy atom. The van der Waals surface area contributed by atoms with Crippen molar-refractivity contribution in [1.29, 1.82) is 0 Å². The van der Waals surface area contributed by atoms with Gasteiger partial charge in [0.1, 0.15) is 6.17 Å². The summed E-state index contributed by atoms with van der Waals surface area (Å²) in [5, 5.41) is 13.7. The van der Waals surface area contributed by atoms with Crippen molar-refractivity contribution in [2.75, 3.05) is 13.1 Å². The molecule has 7 heteroatoms. The van der Waals surface area contributed by atoms with E-state index in [-0.39, 0.29) is 18.2 Å². The molecule has 0 spiro atoms. The van der Waals surface area contributed by atoms with E-state index in [1.165, 1.54) is 5.56 Å². The van der Waals surface area contributed by atoms with Crippen LogP contribution in [0.15, 0.2) is 48.7 Å². The van der Waals surface area contributed by atoms with Crippen molar-refractivity contribution >= 4 is 11.8 Å². The number of amides is 2. The number of pyridine rings is 1. The van der Waals surface area contributed by atoms with E-state index in [4.69, 9.17) is 5.73 Å². The molecule has 1 saturated heterocycles. The summed E-state index contributed by atoms with van der Waals surface area (Å²) in [7, 11) is 0. The number of rotatable bonds is 9. The third-order valence-electron chi connectivity index (χ3n) is 6.13. The van der Waals surface area contributed by atoms with Crippen LogP contribution in [-0.2, 0) is 16.0 Å². The van der Waals surface area contributed by atoms with E-state index in [0.717, 1.165) is 43.6 Å². The van der Waals surface area contributed by atoms with Crippen molar-refractivity contribution in [2.45, 2.75) is 57.7 Å². The van der Waals surface area contributed by atoms with Gasteiger partial charge in [-0.2, -0.15) is 0 Å². The second-order valence-corrected chi connectivity index (χ2v) is 8.62. The minimum absolute atomic E-state index is 0.161. The van der Waals surface area contributed by atoms with Crippen LogP contribution in [0, 0.1) is 5.92 Å². The lowest BCUT2D eigenvalue weighted by Gasteiger charge is -2.33. The SMILES string of the molecule is CC(CCC(=O)NC1[C@@H](O)CCCCN1CCc1cccc(-c2ccccn2)c1)C(N)=O. The van der Waals surface area contributed by atoms with Gasteiger partial charge < -0.3 is 16.2 Å². The van der Waals surface area contributed by atoms with Crippen LogP contribution in [0.4, 0.5) is 0 Å². The highest BCUT2D eigenvalue weighted by atomic mass is 16.3. The molecule has 2 amide bonds. The molecule has 3 atom stereocenters. The molecule has 1 aliphatic heterocycles. The fraction of sp³-hybridized carbons (Fsp3) is 0.480. The van der Waals surface area contributed by atoms with Crippen LogP contribution in [0.3, 0.4) is 0 Å². The summed E-state index contributed by atoms with van der Waals surface area (Å²) < 4.78 is 0. The van der Waals surface area contributed by atoms with Crippen molar-refractivity contribution < 1.29 is 14.7 Å². The highest BCUT2D eigenvalue weighted by Crippen LogP contribution is 2.20. The van der Waals surface area contributed by atoms with E-state index in [2.05, 4.69) is 33.4 Å². The molecule has 1 aromatic carbocycles. The van der Waals surface area contributed by atoms with Crippen molar-refractivity contribution in [3.8, 4) is 11.3 Å². The molecule has 1 aliphatic rings. The maximum Gasteiger partial charge on any atom is 0.221 e. The first-order chi connectivity index (χ1) is 15.4. The van der Waals surface area contributed by atoms with Crippen molar-refractivity contribution in [2.24, 2.45) is 11.7 Å². The Bertz CT molecular complexity index is 890. The Kier molecular flexibility index (Phi) is 8.76. The molecule has 172 valence electrons. The first-order valence-electron chi connectivity index (χ1n) is 11.4. The molecule has 2 unspecified atom stereocenters. The van der Waals surface area contributed by atoms with Gasteiger partial charge in [0.2, 0.25) is 11.8 Å². The Labute approximate surface area is 190 Å². The monoisotopic (exact) mass is 438 g/mol. The maximum atomic E-state index is 12.5. The molecule has 32 heavy (non-hydrogen) atoms. The number of aliphatic hydroxyl groups is 1. The Morgan fingerprint density at radius 2 is 2.09 bits per heavy atom. The normalized spacial score (nSPS) is 20.3. The van der Waals surface area contributed by atoms with Gasteiger partial charge in [-0.3, -0.25) is 19.5 Å². The summed E-state index contributed by atoms with van der Waals surface area (Å²) in [6.45, 7) is 3.27. The van der Waals surface area contributed by atoms with Crippen LogP contribution < -0.4 is 11.1 Å². The number of nitrogens with zero attached hydrogens (tertiary/aromatic N) is 2. The summed E-state index contributed by atoms with van der Waals surface area (Å²) in [6.07, 6.45) is 4.75.